The van der Waals surface area contributed by atoms with Crippen molar-refractivity contribution in [2.75, 3.05) is 20.1 Å². The highest BCUT2D eigenvalue weighted by atomic mass is 32.2. The molecular weight excluding hydrogens is 268 g/mol. The van der Waals surface area contributed by atoms with E-state index < -0.39 is 10.0 Å². The van der Waals surface area contributed by atoms with E-state index in [0.29, 0.717) is 17.3 Å². The molecule has 1 aromatic rings. The molecule has 102 valence electrons. The highest BCUT2D eigenvalue weighted by molar-refractivity contribution is 7.91. The highest BCUT2D eigenvalue weighted by Crippen LogP contribution is 2.29. The summed E-state index contributed by atoms with van der Waals surface area (Å²) in [6.45, 7) is 4.03. The summed E-state index contributed by atoms with van der Waals surface area (Å²) in [5.41, 5.74) is 1.06. The van der Waals surface area contributed by atoms with Crippen molar-refractivity contribution in [2.24, 2.45) is 0 Å². The number of nitrogens with one attached hydrogen (secondary N) is 1. The fourth-order valence-corrected chi connectivity index (χ4v) is 5.46. The molecule has 0 aromatic carbocycles. The average Bonchev–Trinajstić information content (AvgIpc) is 2.73. The molecule has 0 aliphatic carbocycles. The Morgan fingerprint density at radius 3 is 2.61 bits per heavy atom. The van der Waals surface area contributed by atoms with Crippen LogP contribution in [0.25, 0.3) is 0 Å². The van der Waals surface area contributed by atoms with Crippen LogP contribution in [0.15, 0.2) is 10.3 Å². The lowest BCUT2D eigenvalue weighted by atomic mass is 10.2. The van der Waals surface area contributed by atoms with Crippen LogP contribution < -0.4 is 5.32 Å². The maximum absolute atomic E-state index is 12.5. The molecule has 0 unspecified atom stereocenters. The molecule has 18 heavy (non-hydrogen) atoms. The molecule has 0 spiro atoms. The van der Waals surface area contributed by atoms with E-state index in [0.717, 1.165) is 36.2 Å². The Bertz CT molecular complexity index is 502. The number of hydrogen-bond acceptors (Lipinski definition) is 4. The van der Waals surface area contributed by atoms with Gasteiger partial charge in [0.25, 0.3) is 10.0 Å². The Morgan fingerprint density at radius 1 is 1.33 bits per heavy atom. The second kappa shape index (κ2) is 5.69. The van der Waals surface area contributed by atoms with Gasteiger partial charge in [-0.3, -0.25) is 0 Å². The number of piperidine rings is 1. The normalized spacial score (nSPS) is 18.1. The zero-order valence-electron chi connectivity index (χ0n) is 10.9. The largest absolute Gasteiger partial charge is 0.315 e. The van der Waals surface area contributed by atoms with Gasteiger partial charge in [-0.15, -0.1) is 11.3 Å². The van der Waals surface area contributed by atoms with E-state index in [9.17, 15) is 8.42 Å². The minimum Gasteiger partial charge on any atom is -0.315 e. The van der Waals surface area contributed by atoms with Crippen LogP contribution in [0.3, 0.4) is 0 Å². The molecule has 0 radical (unpaired) electrons. The summed E-state index contributed by atoms with van der Waals surface area (Å²) >= 11 is 1.39. The van der Waals surface area contributed by atoms with Gasteiger partial charge in [0.05, 0.1) is 0 Å². The van der Waals surface area contributed by atoms with Gasteiger partial charge in [0.1, 0.15) is 4.21 Å². The Hall–Kier alpha value is -0.430. The zero-order valence-corrected chi connectivity index (χ0v) is 12.5. The fraction of sp³-hybridized carbons (Fsp3) is 0.667. The van der Waals surface area contributed by atoms with Crippen molar-refractivity contribution in [3.05, 3.63) is 16.5 Å². The average molecular weight is 288 g/mol. The minimum atomic E-state index is -3.26. The van der Waals surface area contributed by atoms with Crippen LogP contribution in [0.2, 0.25) is 0 Å². The van der Waals surface area contributed by atoms with Crippen LogP contribution in [-0.2, 0) is 16.6 Å². The molecule has 1 N–H and O–H groups in total. The third kappa shape index (κ3) is 2.77. The Kier molecular flexibility index (Phi) is 4.42. The summed E-state index contributed by atoms with van der Waals surface area (Å²) in [6, 6.07) is 1.81. The van der Waals surface area contributed by atoms with Crippen molar-refractivity contribution in [1.29, 1.82) is 0 Å². The molecule has 0 bridgehead atoms. The second-order valence-corrected chi connectivity index (χ2v) is 7.97. The van der Waals surface area contributed by atoms with Crippen molar-refractivity contribution in [2.45, 2.75) is 36.9 Å². The molecule has 1 fully saturated rings. The molecule has 1 aliphatic heterocycles. The molecule has 6 heteroatoms. The first kappa shape index (κ1) is 14.0. The van der Waals surface area contributed by atoms with E-state index in [1.54, 1.807) is 10.4 Å². The molecule has 1 aliphatic rings. The second-order valence-electron chi connectivity index (χ2n) is 4.67. The molecule has 4 nitrogen and oxygen atoms in total. The van der Waals surface area contributed by atoms with E-state index in [-0.39, 0.29) is 0 Å². The topological polar surface area (TPSA) is 49.4 Å². The van der Waals surface area contributed by atoms with E-state index in [4.69, 9.17) is 0 Å². The monoisotopic (exact) mass is 288 g/mol. The predicted octanol–water partition coefficient (Wildman–Crippen LogP) is 1.95. The highest BCUT2D eigenvalue weighted by Gasteiger charge is 2.27. The Morgan fingerprint density at radius 2 is 2.00 bits per heavy atom. The van der Waals surface area contributed by atoms with Gasteiger partial charge in [-0.2, -0.15) is 4.31 Å². The number of rotatable bonds is 4. The molecular formula is C12H20N2O2S2. The van der Waals surface area contributed by atoms with E-state index in [1.165, 1.54) is 11.3 Å². The summed E-state index contributed by atoms with van der Waals surface area (Å²) in [7, 11) is -1.38. The van der Waals surface area contributed by atoms with E-state index in [1.807, 2.05) is 14.0 Å². The van der Waals surface area contributed by atoms with Crippen molar-refractivity contribution in [3.8, 4) is 0 Å². The summed E-state index contributed by atoms with van der Waals surface area (Å²) in [5.74, 6) is 0. The van der Waals surface area contributed by atoms with Gasteiger partial charge in [-0.25, -0.2) is 8.42 Å². The quantitative estimate of drug-likeness (QED) is 0.921. The third-order valence-electron chi connectivity index (χ3n) is 3.24. The first-order chi connectivity index (χ1) is 8.55. The number of aryl methyl sites for hydroxylation is 1. The van der Waals surface area contributed by atoms with Crippen molar-refractivity contribution < 1.29 is 8.42 Å². The number of sulfonamides is 1. The summed E-state index contributed by atoms with van der Waals surface area (Å²) in [5, 5.41) is 3.07. The lowest BCUT2D eigenvalue weighted by Crippen LogP contribution is -2.35. The molecule has 2 rings (SSSR count). The molecule has 1 aromatic heterocycles. The number of thiophene rings is 1. The van der Waals surface area contributed by atoms with Gasteiger partial charge < -0.3 is 5.32 Å². The van der Waals surface area contributed by atoms with E-state index in [2.05, 4.69) is 5.32 Å². The lowest BCUT2D eigenvalue weighted by Gasteiger charge is -2.25. The zero-order chi connectivity index (χ0) is 13.2. The van der Waals surface area contributed by atoms with Gasteiger partial charge in [0, 0.05) is 24.5 Å². The van der Waals surface area contributed by atoms with Crippen LogP contribution in [0.1, 0.15) is 29.7 Å². The van der Waals surface area contributed by atoms with E-state index >= 15 is 0 Å². The summed E-state index contributed by atoms with van der Waals surface area (Å²) in [4.78, 5) is 1.10. The van der Waals surface area contributed by atoms with Crippen LogP contribution >= 0.6 is 11.3 Å². The Balaban J connectivity index is 2.26. The first-order valence-corrected chi connectivity index (χ1v) is 8.55. The van der Waals surface area contributed by atoms with Gasteiger partial charge in [0.15, 0.2) is 0 Å². The predicted molar refractivity (Wildman–Crippen MR) is 74.4 cm³/mol. The Labute approximate surface area is 113 Å². The van der Waals surface area contributed by atoms with Crippen LogP contribution in [0.4, 0.5) is 0 Å². The van der Waals surface area contributed by atoms with Gasteiger partial charge in [0.2, 0.25) is 0 Å². The third-order valence-corrected chi connectivity index (χ3v) is 6.83. The van der Waals surface area contributed by atoms with Crippen molar-refractivity contribution >= 4 is 21.4 Å². The molecule has 2 heterocycles. The summed E-state index contributed by atoms with van der Waals surface area (Å²) < 4.78 is 27.1. The van der Waals surface area contributed by atoms with Crippen molar-refractivity contribution in [1.82, 2.24) is 9.62 Å². The summed E-state index contributed by atoms with van der Waals surface area (Å²) in [6.07, 6.45) is 3.10. The van der Waals surface area contributed by atoms with Gasteiger partial charge in [-0.05, 0) is 38.4 Å². The molecule has 0 saturated carbocycles. The lowest BCUT2D eigenvalue weighted by molar-refractivity contribution is 0.347. The molecule has 0 amide bonds. The van der Waals surface area contributed by atoms with Crippen LogP contribution in [-0.4, -0.2) is 32.9 Å². The maximum atomic E-state index is 12.5. The minimum absolute atomic E-state index is 0.493. The van der Waals surface area contributed by atoms with Gasteiger partial charge in [-0.1, -0.05) is 6.42 Å². The molecule has 0 atom stereocenters. The smallest absolute Gasteiger partial charge is 0.252 e. The fourth-order valence-electron chi connectivity index (χ4n) is 2.18. The van der Waals surface area contributed by atoms with Crippen LogP contribution in [0.5, 0.6) is 0 Å². The van der Waals surface area contributed by atoms with Gasteiger partial charge >= 0.3 is 0 Å². The van der Waals surface area contributed by atoms with Crippen molar-refractivity contribution in [3.63, 3.8) is 0 Å². The standard InChI is InChI=1S/C12H20N2O2S2/c1-10-8-12(17-11(10)9-13-2)18(15,16)14-6-4-3-5-7-14/h8,13H,3-7,9H2,1-2H3. The maximum Gasteiger partial charge on any atom is 0.252 e. The SMILES string of the molecule is CNCc1sc(S(=O)(=O)N2CCCCC2)cc1C. The molecule has 1 saturated heterocycles. The number of nitrogens with zero attached hydrogens (tertiary/aromatic N) is 1. The number of hydrogen-bond donors (Lipinski definition) is 1. The first-order valence-electron chi connectivity index (χ1n) is 6.30. The van der Waals surface area contributed by atoms with Crippen LogP contribution in [0, 0.1) is 6.92 Å².